The minimum absolute atomic E-state index is 0.324. The Hall–Kier alpha value is -0.130. The van der Waals surface area contributed by atoms with E-state index in [-0.39, 0.29) is 5.92 Å². The first-order valence-corrected chi connectivity index (χ1v) is 3.92. The van der Waals surface area contributed by atoms with Crippen LogP contribution < -0.4 is 0 Å². The molecule has 3 N–H and O–H groups in total. The van der Waals surface area contributed by atoms with Gasteiger partial charge in [-0.3, -0.25) is 0 Å². The first-order valence-electron chi connectivity index (χ1n) is 3.13. The Balaban J connectivity index is 4.42. The van der Waals surface area contributed by atoms with Crippen LogP contribution in [0.3, 0.4) is 0 Å². The SMILES string of the molecule is CC(C)C(O)C(O)(Br)C(=O)O. The fourth-order valence-electron chi connectivity index (χ4n) is 0.568. The normalized spacial score (nSPS) is 19.5. The van der Waals surface area contributed by atoms with Crippen molar-refractivity contribution in [2.45, 2.75) is 24.5 Å². The Bertz CT molecular complexity index is 155. The van der Waals surface area contributed by atoms with Gasteiger partial charge in [0.05, 0.1) is 0 Å². The van der Waals surface area contributed by atoms with E-state index in [2.05, 4.69) is 15.9 Å². The number of alkyl halides is 1. The minimum atomic E-state index is -2.23. The van der Waals surface area contributed by atoms with Gasteiger partial charge in [-0.2, -0.15) is 0 Å². The molecule has 0 aliphatic carbocycles. The molecule has 11 heavy (non-hydrogen) atoms. The van der Waals surface area contributed by atoms with Crippen molar-refractivity contribution in [2.75, 3.05) is 0 Å². The van der Waals surface area contributed by atoms with E-state index in [1.807, 2.05) is 0 Å². The summed E-state index contributed by atoms with van der Waals surface area (Å²) in [5, 5.41) is 26.6. The van der Waals surface area contributed by atoms with Crippen molar-refractivity contribution in [3.63, 3.8) is 0 Å². The number of aliphatic hydroxyl groups is 2. The number of aliphatic hydroxyl groups excluding tert-OH is 1. The summed E-state index contributed by atoms with van der Waals surface area (Å²) in [5.41, 5.74) is 0. The molecule has 0 heterocycles. The number of halogens is 1. The summed E-state index contributed by atoms with van der Waals surface area (Å²) in [7, 11) is 0. The van der Waals surface area contributed by atoms with Crippen molar-refractivity contribution >= 4 is 21.9 Å². The Morgan fingerprint density at radius 2 is 1.91 bits per heavy atom. The average Bonchev–Trinajstić information content (AvgIpc) is 1.85. The van der Waals surface area contributed by atoms with Gasteiger partial charge in [-0.05, 0) is 21.8 Å². The summed E-state index contributed by atoms with van der Waals surface area (Å²) in [6.45, 7) is 3.22. The molecule has 5 heteroatoms. The van der Waals surface area contributed by atoms with Gasteiger partial charge in [0.1, 0.15) is 6.10 Å². The van der Waals surface area contributed by atoms with E-state index in [1.54, 1.807) is 13.8 Å². The molecule has 0 spiro atoms. The molecule has 0 aliphatic rings. The van der Waals surface area contributed by atoms with Gasteiger partial charge in [-0.1, -0.05) is 13.8 Å². The predicted molar refractivity (Wildman–Crippen MR) is 42.4 cm³/mol. The Morgan fingerprint density at radius 1 is 1.55 bits per heavy atom. The molecule has 4 nitrogen and oxygen atoms in total. The van der Waals surface area contributed by atoms with E-state index in [0.717, 1.165) is 0 Å². The fourth-order valence-corrected chi connectivity index (χ4v) is 1.10. The lowest BCUT2D eigenvalue weighted by Crippen LogP contribution is -2.46. The highest BCUT2D eigenvalue weighted by Crippen LogP contribution is 2.24. The van der Waals surface area contributed by atoms with Crippen molar-refractivity contribution < 1.29 is 20.1 Å². The average molecular weight is 227 g/mol. The lowest BCUT2D eigenvalue weighted by molar-refractivity contribution is -0.158. The highest BCUT2D eigenvalue weighted by Gasteiger charge is 2.42. The number of carboxylic acids is 1. The standard InChI is InChI=1S/C6H11BrO4/c1-3(2)4(8)6(7,11)5(9)10/h3-4,8,11H,1-2H3,(H,9,10). The molecule has 0 saturated carbocycles. The zero-order valence-electron chi connectivity index (χ0n) is 6.28. The van der Waals surface area contributed by atoms with Gasteiger partial charge in [0.25, 0.3) is 0 Å². The summed E-state index contributed by atoms with van der Waals surface area (Å²) in [6.07, 6.45) is -1.32. The van der Waals surface area contributed by atoms with Gasteiger partial charge < -0.3 is 15.3 Å². The number of rotatable bonds is 3. The number of carbonyl (C=O) groups is 1. The maximum Gasteiger partial charge on any atom is 0.349 e. The summed E-state index contributed by atoms with van der Waals surface area (Å²) in [5.74, 6) is -1.81. The first kappa shape index (κ1) is 10.9. The summed E-state index contributed by atoms with van der Waals surface area (Å²) in [6, 6.07) is 0. The van der Waals surface area contributed by atoms with Crippen molar-refractivity contribution in [3.05, 3.63) is 0 Å². The topological polar surface area (TPSA) is 77.8 Å². The van der Waals surface area contributed by atoms with E-state index in [4.69, 9.17) is 15.3 Å². The van der Waals surface area contributed by atoms with Crippen LogP contribution in [0.4, 0.5) is 0 Å². The van der Waals surface area contributed by atoms with Crippen LogP contribution in [0.1, 0.15) is 13.8 Å². The predicted octanol–water partition coefficient (Wildman–Crippen LogP) is 0.171. The van der Waals surface area contributed by atoms with Crippen molar-refractivity contribution in [2.24, 2.45) is 5.92 Å². The minimum Gasteiger partial charge on any atom is -0.478 e. The Morgan fingerprint density at radius 3 is 2.00 bits per heavy atom. The van der Waals surface area contributed by atoms with Gasteiger partial charge in [-0.25, -0.2) is 4.79 Å². The summed E-state index contributed by atoms with van der Waals surface area (Å²) < 4.78 is -2.23. The third kappa shape index (κ3) is 2.43. The van der Waals surface area contributed by atoms with Crippen LogP contribution in [-0.2, 0) is 4.79 Å². The molecular formula is C6H11BrO4. The Kier molecular flexibility index (Phi) is 3.47. The molecule has 0 rings (SSSR count). The largest absolute Gasteiger partial charge is 0.478 e. The van der Waals surface area contributed by atoms with Crippen LogP contribution in [0, 0.1) is 5.92 Å². The molecule has 0 aromatic rings. The molecular weight excluding hydrogens is 216 g/mol. The lowest BCUT2D eigenvalue weighted by Gasteiger charge is -2.25. The molecule has 0 aromatic heterocycles. The number of hydrogen-bond donors (Lipinski definition) is 3. The van der Waals surface area contributed by atoms with E-state index < -0.39 is 16.6 Å². The van der Waals surface area contributed by atoms with E-state index in [9.17, 15) is 4.79 Å². The second kappa shape index (κ2) is 3.51. The maximum atomic E-state index is 10.3. The van der Waals surface area contributed by atoms with Crippen molar-refractivity contribution in [1.82, 2.24) is 0 Å². The highest BCUT2D eigenvalue weighted by atomic mass is 79.9. The molecule has 66 valence electrons. The van der Waals surface area contributed by atoms with Crippen molar-refractivity contribution in [1.29, 1.82) is 0 Å². The third-order valence-electron chi connectivity index (χ3n) is 1.32. The third-order valence-corrected chi connectivity index (χ3v) is 2.13. The molecule has 0 aliphatic heterocycles. The summed E-state index contributed by atoms with van der Waals surface area (Å²) >= 11 is 2.52. The second-order valence-corrected chi connectivity index (χ2v) is 3.88. The van der Waals surface area contributed by atoms with E-state index >= 15 is 0 Å². The van der Waals surface area contributed by atoms with Gasteiger partial charge in [0.15, 0.2) is 0 Å². The molecule has 0 fully saturated rings. The van der Waals surface area contributed by atoms with Gasteiger partial charge >= 0.3 is 5.97 Å². The lowest BCUT2D eigenvalue weighted by atomic mass is 10.0. The van der Waals surface area contributed by atoms with E-state index in [0.29, 0.717) is 0 Å². The fraction of sp³-hybridized carbons (Fsp3) is 0.833. The van der Waals surface area contributed by atoms with Crippen LogP contribution in [0.25, 0.3) is 0 Å². The monoisotopic (exact) mass is 226 g/mol. The second-order valence-electron chi connectivity index (χ2n) is 2.67. The number of aliphatic carboxylic acids is 1. The maximum absolute atomic E-state index is 10.3. The van der Waals surface area contributed by atoms with Crippen molar-refractivity contribution in [3.8, 4) is 0 Å². The number of hydrogen-bond acceptors (Lipinski definition) is 3. The molecule has 0 amide bonds. The van der Waals surface area contributed by atoms with Crippen LogP contribution in [-0.4, -0.2) is 31.9 Å². The highest BCUT2D eigenvalue weighted by molar-refractivity contribution is 9.10. The molecule has 0 saturated heterocycles. The quantitative estimate of drug-likeness (QED) is 0.600. The molecule has 0 aromatic carbocycles. The smallest absolute Gasteiger partial charge is 0.349 e. The van der Waals surface area contributed by atoms with Gasteiger partial charge in [-0.15, -0.1) is 0 Å². The number of carboxylic acid groups (broad SMARTS) is 1. The molecule has 2 unspecified atom stereocenters. The van der Waals surface area contributed by atoms with Crippen LogP contribution in [0.5, 0.6) is 0 Å². The van der Waals surface area contributed by atoms with Crippen LogP contribution in [0.2, 0.25) is 0 Å². The van der Waals surface area contributed by atoms with Crippen LogP contribution in [0.15, 0.2) is 0 Å². The zero-order valence-corrected chi connectivity index (χ0v) is 7.87. The molecule has 2 atom stereocenters. The first-order chi connectivity index (χ1) is 4.80. The summed E-state index contributed by atoms with van der Waals surface area (Å²) in [4.78, 5) is 10.3. The van der Waals surface area contributed by atoms with Gasteiger partial charge in [0, 0.05) is 0 Å². The van der Waals surface area contributed by atoms with E-state index in [1.165, 1.54) is 0 Å². The zero-order chi connectivity index (χ0) is 9.23. The Labute approximate surface area is 73.0 Å². The van der Waals surface area contributed by atoms with Gasteiger partial charge in [0.2, 0.25) is 4.51 Å². The molecule has 0 bridgehead atoms. The molecule has 0 radical (unpaired) electrons. The van der Waals surface area contributed by atoms with Crippen LogP contribution >= 0.6 is 15.9 Å².